The van der Waals surface area contributed by atoms with Gasteiger partial charge in [0.2, 0.25) is 5.91 Å². The van der Waals surface area contributed by atoms with Crippen LogP contribution in [0.2, 0.25) is 18.1 Å². The van der Waals surface area contributed by atoms with Crippen molar-refractivity contribution < 1.29 is 18.8 Å². The first-order chi connectivity index (χ1) is 15.9. The summed E-state index contributed by atoms with van der Waals surface area (Å²) in [6, 6.07) is 7.83. The van der Waals surface area contributed by atoms with Crippen molar-refractivity contribution in [2.24, 2.45) is 5.92 Å². The van der Waals surface area contributed by atoms with E-state index in [4.69, 9.17) is 9.16 Å². The molecule has 1 radical (unpaired) electrons. The van der Waals surface area contributed by atoms with Gasteiger partial charge in [0.15, 0.2) is 14.1 Å². The number of carbonyl (C=O) groups excluding carboxylic acids is 2. The molecule has 1 amide bonds. The van der Waals surface area contributed by atoms with Gasteiger partial charge in [-0.15, -0.1) is 6.58 Å². The van der Waals surface area contributed by atoms with E-state index in [1.165, 1.54) is 5.56 Å². The van der Waals surface area contributed by atoms with Crippen molar-refractivity contribution >= 4 is 20.0 Å². The van der Waals surface area contributed by atoms with Crippen molar-refractivity contribution in [1.29, 1.82) is 0 Å². The van der Waals surface area contributed by atoms with Crippen LogP contribution in [0.3, 0.4) is 0 Å². The Kier molecular flexibility index (Phi) is 8.23. The predicted octanol–water partition coefficient (Wildman–Crippen LogP) is 4.58. The number of benzene rings is 1. The zero-order valence-corrected chi connectivity index (χ0v) is 22.7. The SMILES string of the molecule is C=CC[C@]1(CC(=O)c2ccc(CN3CCOCC3)cc2)[N]C(=O)[C@@H]1[C@@H](C)O[Si](C)(C)C(C)(C)C. The second kappa shape index (κ2) is 10.4. The maximum atomic E-state index is 13.3. The minimum Gasteiger partial charge on any atom is -0.413 e. The monoisotopic (exact) mass is 485 g/mol. The normalized spacial score (nSPS) is 24.8. The number of ketones is 1. The molecule has 1 aromatic rings. The highest BCUT2D eigenvalue weighted by molar-refractivity contribution is 6.74. The lowest BCUT2D eigenvalue weighted by molar-refractivity contribution is -0.148. The topological polar surface area (TPSA) is 69.9 Å². The summed E-state index contributed by atoms with van der Waals surface area (Å²) >= 11 is 0. The van der Waals surface area contributed by atoms with E-state index in [9.17, 15) is 9.59 Å². The lowest BCUT2D eigenvalue weighted by Gasteiger charge is -2.51. The van der Waals surface area contributed by atoms with E-state index >= 15 is 0 Å². The average molecular weight is 486 g/mol. The van der Waals surface area contributed by atoms with Gasteiger partial charge in [0.25, 0.3) is 0 Å². The molecule has 0 spiro atoms. The number of hydrogen-bond acceptors (Lipinski definition) is 5. The second-order valence-corrected chi connectivity index (χ2v) is 16.0. The first kappa shape index (κ1) is 26.8. The summed E-state index contributed by atoms with van der Waals surface area (Å²) in [7, 11) is -2.07. The molecule has 0 N–H and O–H groups in total. The molecule has 6 nitrogen and oxygen atoms in total. The highest BCUT2D eigenvalue weighted by Gasteiger charge is 2.59. The molecule has 0 saturated carbocycles. The van der Waals surface area contributed by atoms with Crippen LogP contribution in [-0.4, -0.2) is 62.9 Å². The minimum atomic E-state index is -2.07. The van der Waals surface area contributed by atoms with Crippen molar-refractivity contribution in [3.8, 4) is 0 Å². The van der Waals surface area contributed by atoms with Crippen molar-refractivity contribution in [1.82, 2.24) is 10.2 Å². The summed E-state index contributed by atoms with van der Waals surface area (Å²) in [6.45, 7) is 21.0. The third-order valence-electron chi connectivity index (χ3n) is 7.68. The molecule has 0 bridgehead atoms. The molecule has 34 heavy (non-hydrogen) atoms. The molecule has 3 rings (SSSR count). The van der Waals surface area contributed by atoms with Crippen molar-refractivity contribution in [2.45, 2.75) is 76.9 Å². The number of nitrogens with zero attached hydrogens (tertiary/aromatic N) is 2. The Bertz CT molecular complexity index is 883. The van der Waals surface area contributed by atoms with E-state index in [1.54, 1.807) is 6.08 Å². The van der Waals surface area contributed by atoms with E-state index < -0.39 is 19.8 Å². The van der Waals surface area contributed by atoms with Crippen molar-refractivity contribution in [3.05, 3.63) is 48.0 Å². The van der Waals surface area contributed by atoms with Crippen LogP contribution in [-0.2, 0) is 20.5 Å². The van der Waals surface area contributed by atoms with Crippen LogP contribution >= 0.6 is 0 Å². The van der Waals surface area contributed by atoms with Gasteiger partial charge in [-0.1, -0.05) is 51.1 Å². The number of ether oxygens (including phenoxy) is 1. The fraction of sp³-hybridized carbons (Fsp3) is 0.630. The Balaban J connectivity index is 1.70. The molecule has 2 fully saturated rings. The zero-order chi connectivity index (χ0) is 25.1. The lowest BCUT2D eigenvalue weighted by Crippen LogP contribution is -2.69. The third-order valence-corrected chi connectivity index (χ3v) is 12.3. The van der Waals surface area contributed by atoms with E-state index in [1.807, 2.05) is 31.2 Å². The lowest BCUT2D eigenvalue weighted by atomic mass is 9.67. The minimum absolute atomic E-state index is 0.000508. The highest BCUT2D eigenvalue weighted by atomic mass is 28.4. The molecule has 2 saturated heterocycles. The number of rotatable bonds is 10. The molecule has 3 atom stereocenters. The fourth-order valence-corrected chi connectivity index (χ4v) is 6.13. The maximum Gasteiger partial charge on any atom is 0.249 e. The van der Waals surface area contributed by atoms with Gasteiger partial charge in [-0.05, 0) is 37.0 Å². The number of Topliss-reactive ketones (excluding diaryl/α,β-unsaturated/α-hetero) is 1. The van der Waals surface area contributed by atoms with Gasteiger partial charge in [-0.25, -0.2) is 5.32 Å². The summed E-state index contributed by atoms with van der Waals surface area (Å²) < 4.78 is 12.0. The van der Waals surface area contributed by atoms with E-state index in [0.29, 0.717) is 12.0 Å². The smallest absolute Gasteiger partial charge is 0.249 e. The molecule has 7 heteroatoms. The van der Waals surface area contributed by atoms with Gasteiger partial charge >= 0.3 is 0 Å². The van der Waals surface area contributed by atoms with Crippen LogP contribution < -0.4 is 5.32 Å². The Labute approximate surface area is 206 Å². The van der Waals surface area contributed by atoms with E-state index in [2.05, 4.69) is 50.7 Å². The molecular formula is C27H41N2O4Si. The maximum absolute atomic E-state index is 13.3. The molecule has 0 aromatic heterocycles. The molecular weight excluding hydrogens is 444 g/mol. The molecule has 2 heterocycles. The molecule has 0 aliphatic carbocycles. The number of morpholine rings is 1. The highest BCUT2D eigenvalue weighted by Crippen LogP contribution is 2.44. The van der Waals surface area contributed by atoms with Crippen molar-refractivity contribution in [2.75, 3.05) is 26.3 Å². The first-order valence-corrected chi connectivity index (χ1v) is 15.3. The van der Waals surface area contributed by atoms with Gasteiger partial charge in [0, 0.05) is 31.6 Å². The Morgan fingerprint density at radius 2 is 1.91 bits per heavy atom. The second-order valence-electron chi connectivity index (χ2n) is 11.3. The quantitative estimate of drug-likeness (QED) is 0.210. The van der Waals surface area contributed by atoms with Gasteiger partial charge in [0.05, 0.1) is 30.8 Å². The third kappa shape index (κ3) is 5.87. The van der Waals surface area contributed by atoms with Crippen LogP contribution in [0.1, 0.15) is 56.5 Å². The zero-order valence-electron chi connectivity index (χ0n) is 21.7. The Morgan fingerprint density at radius 3 is 2.44 bits per heavy atom. The summed E-state index contributed by atoms with van der Waals surface area (Å²) in [6.07, 6.45) is 2.13. The van der Waals surface area contributed by atoms with Gasteiger partial charge in [0.1, 0.15) is 0 Å². The first-order valence-electron chi connectivity index (χ1n) is 12.4. The molecule has 1 aromatic carbocycles. The van der Waals surface area contributed by atoms with Gasteiger partial charge in [-0.3, -0.25) is 14.5 Å². The van der Waals surface area contributed by atoms with Crippen LogP contribution in [0.25, 0.3) is 0 Å². The number of hydrogen-bond donors (Lipinski definition) is 0. The number of amides is 1. The summed E-state index contributed by atoms with van der Waals surface area (Å²) in [5.41, 5.74) is 1.06. The molecule has 0 unspecified atom stereocenters. The Morgan fingerprint density at radius 1 is 1.29 bits per heavy atom. The fourth-order valence-electron chi connectivity index (χ4n) is 4.71. The van der Waals surface area contributed by atoms with Crippen LogP contribution in [0, 0.1) is 5.92 Å². The molecule has 2 aliphatic heterocycles. The van der Waals surface area contributed by atoms with Gasteiger partial charge in [-0.2, -0.15) is 0 Å². The molecule has 187 valence electrons. The standard InChI is InChI=1S/C27H41N2O4Si/c1-8-13-27(24(25(31)28-27)20(2)33-34(6,7)26(3,4)5)18-23(30)22-11-9-21(10-12-22)19-29-14-16-32-17-15-29/h8-12,20,24H,1,13-19H2,2-7H3/t20-,24+,27-/m1/s1. The van der Waals surface area contributed by atoms with Crippen molar-refractivity contribution in [3.63, 3.8) is 0 Å². The van der Waals surface area contributed by atoms with Crippen LogP contribution in [0.15, 0.2) is 36.9 Å². The molecule has 2 aliphatic rings. The van der Waals surface area contributed by atoms with Crippen LogP contribution in [0.5, 0.6) is 0 Å². The number of β-lactam (4-membered cyclic amide) rings is 1. The van der Waals surface area contributed by atoms with Gasteiger partial charge < -0.3 is 9.16 Å². The summed E-state index contributed by atoms with van der Waals surface area (Å²) in [5.74, 6) is -0.591. The summed E-state index contributed by atoms with van der Waals surface area (Å²) in [5, 5.41) is 4.42. The van der Waals surface area contributed by atoms with E-state index in [-0.39, 0.29) is 29.3 Å². The van der Waals surface area contributed by atoms with Crippen LogP contribution in [0.4, 0.5) is 0 Å². The summed E-state index contributed by atoms with van der Waals surface area (Å²) in [4.78, 5) is 28.3. The predicted molar refractivity (Wildman–Crippen MR) is 137 cm³/mol. The largest absolute Gasteiger partial charge is 0.413 e. The Hall–Kier alpha value is -1.80. The number of carbonyl (C=O) groups is 2. The average Bonchev–Trinajstić information content (AvgIpc) is 2.73. The van der Waals surface area contributed by atoms with E-state index in [0.717, 1.165) is 32.8 Å².